The van der Waals surface area contributed by atoms with Crippen LogP contribution in [0.4, 0.5) is 5.82 Å². The van der Waals surface area contributed by atoms with Crippen LogP contribution in [0.3, 0.4) is 0 Å². The molecule has 0 radical (unpaired) electrons. The van der Waals surface area contributed by atoms with Gasteiger partial charge in [-0.15, -0.1) is 0 Å². The lowest BCUT2D eigenvalue weighted by atomic mass is 9.80. The minimum Gasteiger partial charge on any atom is -0.497 e. The number of methoxy groups -OCH3 is 2. The van der Waals surface area contributed by atoms with Crippen molar-refractivity contribution in [3.63, 3.8) is 0 Å². The molecule has 1 aliphatic rings. The molecule has 0 saturated carbocycles. The molecule has 0 aliphatic carbocycles. The highest BCUT2D eigenvalue weighted by Crippen LogP contribution is 2.53. The van der Waals surface area contributed by atoms with Crippen LogP contribution in [0.1, 0.15) is 88.2 Å². The lowest BCUT2D eigenvalue weighted by molar-refractivity contribution is -0.0926. The van der Waals surface area contributed by atoms with E-state index in [2.05, 4.69) is 94.7 Å². The Balaban J connectivity index is 1.41. The van der Waals surface area contributed by atoms with E-state index in [-0.39, 0.29) is 48.5 Å². The zero-order valence-corrected chi connectivity index (χ0v) is 43.9. The normalized spacial score (nSPS) is 18.1. The zero-order chi connectivity index (χ0) is 50.2. The second kappa shape index (κ2) is 22.6. The third-order valence-corrected chi connectivity index (χ3v) is 19.5. The van der Waals surface area contributed by atoms with Crippen LogP contribution in [0.15, 0.2) is 122 Å². The molecule has 1 amide bonds. The van der Waals surface area contributed by atoms with Crippen LogP contribution in [-0.2, 0) is 28.5 Å². The molecule has 6 aromatic rings. The second-order valence-electron chi connectivity index (χ2n) is 19.2. The summed E-state index contributed by atoms with van der Waals surface area (Å²) in [5, 5.41) is 12.4. The molecule has 370 valence electrons. The Labute approximate surface area is 414 Å². The molecule has 7 rings (SSSR count). The largest absolute Gasteiger partial charge is 0.497 e. The molecule has 1 saturated heterocycles. The van der Waals surface area contributed by atoms with Gasteiger partial charge >= 0.3 is 0 Å². The maximum absolute atomic E-state index is 13.5. The highest BCUT2D eigenvalue weighted by molar-refractivity contribution is 7.44. The van der Waals surface area contributed by atoms with Crippen molar-refractivity contribution in [2.75, 3.05) is 32.8 Å². The molecule has 1 N–H and O–H groups in total. The number of hydrogen-bond acceptors (Lipinski definition) is 13. The second-order valence-corrected chi connectivity index (χ2v) is 25.4. The number of carbonyl (C=O) groups excluding carboxylic acids is 1. The van der Waals surface area contributed by atoms with Crippen molar-refractivity contribution in [3.05, 3.63) is 144 Å². The lowest BCUT2D eigenvalue weighted by Gasteiger charge is -2.42. The fraction of sp³-hybridized carbons (Fsp3) is 0.415. The van der Waals surface area contributed by atoms with Gasteiger partial charge in [0.2, 0.25) is 0 Å². The standard InChI is InChI=1S/C53H66N7O8PSi/c1-36(2)60(37(3)4)69(65-32-18-31-54)67-46-44(33-64-53(39-21-16-13-17-22-39,40-23-27-42(62-8)28-24-40)41-25-29-43(63-9)30-26-41)66-51(47(46)68-70(10,11)52(5,6)7)59-35-57-45-48(55-34-56-49(45)59)58-50(61)38-19-14-12-15-20-38/h12-17,19-30,34-37,44,46-47,51H,18,32-33H2,1-11H3,(H,55,56,58,61). The van der Waals surface area contributed by atoms with E-state index >= 15 is 0 Å². The maximum atomic E-state index is 13.5. The molecule has 2 aromatic heterocycles. The number of nitriles is 1. The van der Waals surface area contributed by atoms with E-state index < -0.39 is 47.0 Å². The predicted molar refractivity (Wildman–Crippen MR) is 274 cm³/mol. The lowest BCUT2D eigenvalue weighted by Crippen LogP contribution is -2.50. The number of amides is 1. The van der Waals surface area contributed by atoms with E-state index in [1.54, 1.807) is 44.8 Å². The summed E-state index contributed by atoms with van der Waals surface area (Å²) in [6.45, 7) is 19.6. The van der Waals surface area contributed by atoms with Crippen LogP contribution in [0.5, 0.6) is 11.5 Å². The van der Waals surface area contributed by atoms with Gasteiger partial charge < -0.3 is 37.7 Å². The molecular formula is C53H66N7O8PSi. The summed E-state index contributed by atoms with van der Waals surface area (Å²) in [6, 6.07) is 37.0. The Bertz CT molecular complexity index is 2620. The van der Waals surface area contributed by atoms with Gasteiger partial charge in [-0.25, -0.2) is 19.6 Å². The van der Waals surface area contributed by atoms with Crippen LogP contribution in [0, 0.1) is 11.3 Å². The molecule has 15 nitrogen and oxygen atoms in total. The Morgan fingerprint density at radius 1 is 0.829 bits per heavy atom. The monoisotopic (exact) mass is 987 g/mol. The number of fused-ring (bicyclic) bond motifs is 1. The van der Waals surface area contributed by atoms with Gasteiger partial charge in [0.15, 0.2) is 31.5 Å². The number of anilines is 1. The number of ether oxygens (including phenoxy) is 4. The Kier molecular flexibility index (Phi) is 16.9. The van der Waals surface area contributed by atoms with Gasteiger partial charge in [0.05, 0.1) is 46.3 Å². The fourth-order valence-corrected chi connectivity index (χ4v) is 11.5. The van der Waals surface area contributed by atoms with Gasteiger partial charge in [0.1, 0.15) is 41.7 Å². The van der Waals surface area contributed by atoms with Crippen molar-refractivity contribution in [2.45, 2.75) is 115 Å². The maximum Gasteiger partial charge on any atom is 0.259 e. The van der Waals surface area contributed by atoms with Crippen LogP contribution in [-0.4, -0.2) is 96.2 Å². The molecule has 1 fully saturated rings. The summed E-state index contributed by atoms with van der Waals surface area (Å²) in [5.41, 5.74) is 2.64. The van der Waals surface area contributed by atoms with Crippen LogP contribution < -0.4 is 14.8 Å². The third-order valence-electron chi connectivity index (χ3n) is 12.9. The van der Waals surface area contributed by atoms with Gasteiger partial charge in [0, 0.05) is 17.6 Å². The molecule has 3 heterocycles. The predicted octanol–water partition coefficient (Wildman–Crippen LogP) is 11.1. The number of imidazole rings is 1. The van der Waals surface area contributed by atoms with Gasteiger partial charge in [-0.1, -0.05) is 93.6 Å². The molecule has 0 bridgehead atoms. The smallest absolute Gasteiger partial charge is 0.259 e. The molecule has 0 spiro atoms. The highest BCUT2D eigenvalue weighted by atomic mass is 31.2. The zero-order valence-electron chi connectivity index (χ0n) is 42.0. The number of nitrogens with zero attached hydrogens (tertiary/aromatic N) is 6. The first kappa shape index (κ1) is 52.2. The Hall–Kier alpha value is -5.60. The number of nitrogens with one attached hydrogen (secondary N) is 1. The average molecular weight is 988 g/mol. The summed E-state index contributed by atoms with van der Waals surface area (Å²) < 4.78 is 51.8. The number of carbonyl (C=O) groups is 1. The van der Waals surface area contributed by atoms with Crippen LogP contribution >= 0.6 is 8.53 Å². The van der Waals surface area contributed by atoms with Gasteiger partial charge in [-0.2, -0.15) is 5.26 Å². The molecule has 5 atom stereocenters. The van der Waals surface area contributed by atoms with E-state index in [0.717, 1.165) is 16.7 Å². The third kappa shape index (κ3) is 11.3. The SMILES string of the molecule is COc1ccc(C(OCC2OC(n3cnc4c(NC(=O)c5ccccc5)ncnc43)C(O[Si](C)(C)C(C)(C)C)C2OP(OCCC#N)N(C(C)C)C(C)C)(c2ccccc2)c2ccc(OC)cc2)cc1. The molecule has 4 aromatic carbocycles. The van der Waals surface area contributed by atoms with E-state index in [9.17, 15) is 10.1 Å². The van der Waals surface area contributed by atoms with E-state index in [0.29, 0.717) is 28.2 Å². The summed E-state index contributed by atoms with van der Waals surface area (Å²) in [4.78, 5) is 27.5. The average Bonchev–Trinajstić information content (AvgIpc) is 3.93. The molecule has 5 unspecified atom stereocenters. The molecule has 1 aliphatic heterocycles. The number of rotatable bonds is 21. The molecule has 70 heavy (non-hydrogen) atoms. The quantitative estimate of drug-likeness (QED) is 0.0314. The van der Waals surface area contributed by atoms with Crippen molar-refractivity contribution in [1.29, 1.82) is 5.26 Å². The topological polar surface area (TPSA) is 164 Å². The first-order valence-electron chi connectivity index (χ1n) is 23.6. The van der Waals surface area contributed by atoms with E-state index in [4.69, 9.17) is 42.4 Å². The Morgan fingerprint density at radius 2 is 1.40 bits per heavy atom. The van der Waals surface area contributed by atoms with Crippen molar-refractivity contribution >= 4 is 39.7 Å². The summed E-state index contributed by atoms with van der Waals surface area (Å²) in [6.07, 6.45) is -0.0410. The fourth-order valence-electron chi connectivity index (χ4n) is 8.41. The van der Waals surface area contributed by atoms with Crippen LogP contribution in [0.2, 0.25) is 18.1 Å². The Morgan fingerprint density at radius 3 is 1.94 bits per heavy atom. The van der Waals surface area contributed by atoms with Crippen molar-refractivity contribution in [2.24, 2.45) is 0 Å². The van der Waals surface area contributed by atoms with Gasteiger partial charge in [0.25, 0.3) is 14.4 Å². The number of aromatic nitrogens is 4. The van der Waals surface area contributed by atoms with E-state index in [1.165, 1.54) is 6.33 Å². The van der Waals surface area contributed by atoms with Crippen molar-refractivity contribution in [1.82, 2.24) is 24.2 Å². The molecule has 17 heteroatoms. The summed E-state index contributed by atoms with van der Waals surface area (Å²) >= 11 is 0. The minimum atomic E-state index is -2.66. The van der Waals surface area contributed by atoms with Gasteiger partial charge in [-0.3, -0.25) is 9.36 Å². The highest BCUT2D eigenvalue weighted by Gasteiger charge is 2.54. The van der Waals surface area contributed by atoms with Crippen molar-refractivity contribution < 1.29 is 37.2 Å². The number of hydrogen-bond donors (Lipinski definition) is 1. The first-order valence-corrected chi connectivity index (χ1v) is 27.7. The minimum absolute atomic E-state index is 0.00377. The summed E-state index contributed by atoms with van der Waals surface area (Å²) in [5.74, 6) is 1.31. The van der Waals surface area contributed by atoms with Gasteiger partial charge in [-0.05, 0) is 98.9 Å². The van der Waals surface area contributed by atoms with E-state index in [1.807, 2.05) is 77.4 Å². The van der Waals surface area contributed by atoms with Crippen LogP contribution in [0.25, 0.3) is 11.2 Å². The summed E-state index contributed by atoms with van der Waals surface area (Å²) in [7, 11) is -1.19. The van der Waals surface area contributed by atoms with Crippen molar-refractivity contribution in [3.8, 4) is 17.6 Å². The molecular weight excluding hydrogens is 922 g/mol. The first-order chi connectivity index (χ1) is 33.5. The number of benzene rings is 4.